The van der Waals surface area contributed by atoms with E-state index in [1.807, 2.05) is 11.8 Å². The van der Waals surface area contributed by atoms with Crippen molar-refractivity contribution in [1.29, 1.82) is 0 Å². The van der Waals surface area contributed by atoms with Crippen LogP contribution in [0.2, 0.25) is 0 Å². The van der Waals surface area contributed by atoms with Crippen LogP contribution in [0.5, 0.6) is 0 Å². The highest BCUT2D eigenvalue weighted by molar-refractivity contribution is 7.99. The summed E-state index contributed by atoms with van der Waals surface area (Å²) in [5, 5.41) is 3.00. The third kappa shape index (κ3) is 3.18. The molecule has 7 nitrogen and oxygen atoms in total. The van der Waals surface area contributed by atoms with E-state index in [4.69, 9.17) is 10.5 Å². The third-order valence-corrected chi connectivity index (χ3v) is 5.52. The summed E-state index contributed by atoms with van der Waals surface area (Å²) in [6.07, 6.45) is 4.04. The van der Waals surface area contributed by atoms with Gasteiger partial charge in [-0.25, -0.2) is 9.97 Å². The molecule has 120 valence electrons. The quantitative estimate of drug-likeness (QED) is 0.805. The van der Waals surface area contributed by atoms with Crippen LogP contribution in [0.15, 0.2) is 12.4 Å². The number of nitrogens with zero attached hydrogens (tertiary/aromatic N) is 3. The molecule has 0 aromatic carbocycles. The number of carbonyl (C=O) groups excluding carboxylic acids is 1. The Hall–Kier alpha value is -1.38. The van der Waals surface area contributed by atoms with Crippen molar-refractivity contribution in [3.05, 3.63) is 18.1 Å². The molecule has 2 aliphatic rings. The van der Waals surface area contributed by atoms with Crippen LogP contribution in [0, 0.1) is 0 Å². The lowest BCUT2D eigenvalue weighted by Gasteiger charge is -2.43. The van der Waals surface area contributed by atoms with Gasteiger partial charge in [0.05, 0.1) is 13.2 Å². The monoisotopic (exact) mass is 323 g/mol. The number of hydrogen-bond acceptors (Lipinski definition) is 7. The Labute approximate surface area is 134 Å². The Balaban J connectivity index is 1.67. The first kappa shape index (κ1) is 15.5. The summed E-state index contributed by atoms with van der Waals surface area (Å²) in [6, 6.07) is 0. The van der Waals surface area contributed by atoms with Gasteiger partial charge in [-0.05, 0) is 12.2 Å². The maximum atomic E-state index is 12.3. The van der Waals surface area contributed by atoms with Crippen molar-refractivity contribution in [1.82, 2.24) is 20.2 Å². The number of ether oxygens (including phenoxy) is 1. The third-order valence-electron chi connectivity index (χ3n) is 4.28. The molecule has 2 saturated heterocycles. The highest BCUT2D eigenvalue weighted by Gasteiger charge is 2.41. The molecule has 1 amide bonds. The molecule has 8 heteroatoms. The fraction of sp³-hybridized carbons (Fsp3) is 0.643. The molecule has 1 atom stereocenters. The van der Waals surface area contributed by atoms with E-state index >= 15 is 0 Å². The van der Waals surface area contributed by atoms with E-state index in [0.717, 1.165) is 44.2 Å². The zero-order valence-corrected chi connectivity index (χ0v) is 13.3. The van der Waals surface area contributed by atoms with Crippen LogP contribution in [-0.2, 0) is 4.74 Å². The summed E-state index contributed by atoms with van der Waals surface area (Å²) in [5.41, 5.74) is 5.93. The lowest BCUT2D eigenvalue weighted by molar-refractivity contribution is -0.0129. The molecule has 22 heavy (non-hydrogen) atoms. The summed E-state index contributed by atoms with van der Waals surface area (Å²) in [7, 11) is 0. The number of nitrogens with two attached hydrogens (primary N) is 1. The fourth-order valence-electron chi connectivity index (χ4n) is 2.99. The maximum Gasteiger partial charge on any atom is 0.273 e. The molecular weight excluding hydrogens is 302 g/mol. The Kier molecular flexibility index (Phi) is 4.80. The summed E-state index contributed by atoms with van der Waals surface area (Å²) in [4.78, 5) is 22.7. The van der Waals surface area contributed by atoms with E-state index in [9.17, 15) is 4.79 Å². The van der Waals surface area contributed by atoms with Crippen molar-refractivity contribution in [3.63, 3.8) is 0 Å². The number of carbonyl (C=O) groups is 1. The molecule has 3 rings (SSSR count). The smallest absolute Gasteiger partial charge is 0.273 e. The fourth-order valence-corrected chi connectivity index (χ4v) is 4.46. The average molecular weight is 323 g/mol. The molecule has 1 aromatic rings. The first-order valence-corrected chi connectivity index (χ1v) is 8.62. The molecule has 3 N–H and O–H groups in total. The molecule has 1 aromatic heterocycles. The molecule has 2 fully saturated rings. The molecule has 0 aliphatic carbocycles. The van der Waals surface area contributed by atoms with Crippen molar-refractivity contribution in [3.8, 4) is 0 Å². The van der Waals surface area contributed by atoms with Crippen molar-refractivity contribution in [2.45, 2.75) is 12.0 Å². The topological polar surface area (TPSA) is 93.4 Å². The minimum atomic E-state index is -0.255. The molecule has 3 heterocycles. The van der Waals surface area contributed by atoms with Gasteiger partial charge in [0, 0.05) is 43.3 Å². The van der Waals surface area contributed by atoms with Gasteiger partial charge in [0.15, 0.2) is 11.5 Å². The normalized spacial score (nSPS) is 26.0. The lowest BCUT2D eigenvalue weighted by atomic mass is 9.95. The zero-order valence-electron chi connectivity index (χ0n) is 12.5. The van der Waals surface area contributed by atoms with Gasteiger partial charge >= 0.3 is 0 Å². The lowest BCUT2D eigenvalue weighted by Crippen LogP contribution is -2.59. The molecule has 2 aliphatic heterocycles. The SMILES string of the molecule is Nc1nccnc1C(=O)NC[C@@]1(N2CCOCC2)CCSC1. The van der Waals surface area contributed by atoms with Gasteiger partial charge in [0.2, 0.25) is 0 Å². The second kappa shape index (κ2) is 6.80. The van der Waals surface area contributed by atoms with Gasteiger partial charge in [0.25, 0.3) is 5.91 Å². The molecule has 0 saturated carbocycles. The van der Waals surface area contributed by atoms with E-state index in [2.05, 4.69) is 20.2 Å². The number of rotatable bonds is 4. The highest BCUT2D eigenvalue weighted by atomic mass is 32.2. The van der Waals surface area contributed by atoms with Gasteiger partial charge in [-0.3, -0.25) is 9.69 Å². The second-order valence-electron chi connectivity index (χ2n) is 5.60. The first-order chi connectivity index (χ1) is 10.7. The van der Waals surface area contributed by atoms with Gasteiger partial charge in [-0.1, -0.05) is 0 Å². The van der Waals surface area contributed by atoms with Crippen LogP contribution < -0.4 is 11.1 Å². The highest BCUT2D eigenvalue weighted by Crippen LogP contribution is 2.33. The predicted molar refractivity (Wildman–Crippen MR) is 85.8 cm³/mol. The van der Waals surface area contributed by atoms with Crippen molar-refractivity contribution < 1.29 is 9.53 Å². The molecule has 0 radical (unpaired) electrons. The maximum absolute atomic E-state index is 12.3. The molecule has 0 bridgehead atoms. The van der Waals surface area contributed by atoms with E-state index in [1.54, 1.807) is 0 Å². The summed E-state index contributed by atoms with van der Waals surface area (Å²) in [6.45, 7) is 3.97. The number of hydrogen-bond donors (Lipinski definition) is 2. The van der Waals surface area contributed by atoms with Gasteiger partial charge in [0.1, 0.15) is 0 Å². The Morgan fingerprint density at radius 3 is 2.86 bits per heavy atom. The van der Waals surface area contributed by atoms with Crippen LogP contribution in [0.4, 0.5) is 5.82 Å². The summed E-state index contributed by atoms with van der Waals surface area (Å²) in [5.74, 6) is 2.07. The van der Waals surface area contributed by atoms with Crippen molar-refractivity contribution in [2.24, 2.45) is 0 Å². The first-order valence-electron chi connectivity index (χ1n) is 7.46. The zero-order chi connectivity index (χ0) is 15.4. The number of anilines is 1. The van der Waals surface area contributed by atoms with Crippen molar-refractivity contribution in [2.75, 3.05) is 50.1 Å². The van der Waals surface area contributed by atoms with E-state index in [1.165, 1.54) is 12.4 Å². The molecule has 0 unspecified atom stereocenters. The van der Waals surface area contributed by atoms with Gasteiger partial charge in [-0.15, -0.1) is 0 Å². The minimum Gasteiger partial charge on any atom is -0.382 e. The van der Waals surface area contributed by atoms with Crippen LogP contribution in [-0.4, -0.2) is 70.7 Å². The Morgan fingerprint density at radius 2 is 2.18 bits per heavy atom. The van der Waals surface area contributed by atoms with E-state index < -0.39 is 0 Å². The summed E-state index contributed by atoms with van der Waals surface area (Å²) >= 11 is 1.94. The minimum absolute atomic E-state index is 0.0150. The molecule has 0 spiro atoms. The van der Waals surface area contributed by atoms with Crippen LogP contribution in [0.3, 0.4) is 0 Å². The summed E-state index contributed by atoms with van der Waals surface area (Å²) < 4.78 is 5.44. The standard InChI is InChI=1S/C14H21N5O2S/c15-12-11(16-2-3-17-12)13(20)18-9-14(1-8-22-10-14)19-4-6-21-7-5-19/h2-3H,1,4-10H2,(H2,15,17)(H,18,20)/t14-/m0/s1. The number of morpholine rings is 1. The second-order valence-corrected chi connectivity index (χ2v) is 6.70. The van der Waals surface area contributed by atoms with Gasteiger partial charge < -0.3 is 15.8 Å². The molecular formula is C14H21N5O2S. The van der Waals surface area contributed by atoms with Crippen LogP contribution in [0.1, 0.15) is 16.9 Å². The van der Waals surface area contributed by atoms with Crippen LogP contribution in [0.25, 0.3) is 0 Å². The largest absolute Gasteiger partial charge is 0.382 e. The van der Waals surface area contributed by atoms with E-state index in [-0.39, 0.29) is 23.0 Å². The van der Waals surface area contributed by atoms with Crippen LogP contribution >= 0.6 is 11.8 Å². The average Bonchev–Trinajstić information content (AvgIpc) is 3.04. The van der Waals surface area contributed by atoms with Crippen molar-refractivity contribution >= 4 is 23.5 Å². The number of amides is 1. The number of nitrogen functional groups attached to an aromatic ring is 1. The van der Waals surface area contributed by atoms with E-state index in [0.29, 0.717) is 6.54 Å². The number of nitrogens with one attached hydrogen (secondary N) is 1. The Bertz CT molecular complexity index is 530. The predicted octanol–water partition coefficient (Wildman–Crippen LogP) is -0.00350. The van der Waals surface area contributed by atoms with Gasteiger partial charge in [-0.2, -0.15) is 11.8 Å². The Morgan fingerprint density at radius 1 is 1.41 bits per heavy atom. The number of thioether (sulfide) groups is 1. The number of aromatic nitrogens is 2.